The highest BCUT2D eigenvalue weighted by Gasteiger charge is 2.14. The molecule has 1 aromatic rings. The lowest BCUT2D eigenvalue weighted by Crippen LogP contribution is -2.09. The van der Waals surface area contributed by atoms with Gasteiger partial charge in [0, 0.05) is 0 Å². The third kappa shape index (κ3) is 3.32. The summed E-state index contributed by atoms with van der Waals surface area (Å²) in [5.41, 5.74) is 0.827. The number of phenolic OH excluding ortho intramolecular Hbond substituents is 1. The van der Waals surface area contributed by atoms with Crippen molar-refractivity contribution in [3.8, 4) is 18.1 Å². The van der Waals surface area contributed by atoms with Crippen LogP contribution in [0, 0.1) is 12.3 Å². The molecule has 84 valence electrons. The predicted molar refractivity (Wildman–Crippen MR) is 60.9 cm³/mol. The minimum Gasteiger partial charge on any atom is -0.508 e. The van der Waals surface area contributed by atoms with Gasteiger partial charge in [0.2, 0.25) is 0 Å². The highest BCUT2D eigenvalue weighted by molar-refractivity contribution is 5.71. The number of carbonyl (C=O) groups is 1. The van der Waals surface area contributed by atoms with Crippen LogP contribution in [0.3, 0.4) is 0 Å². The van der Waals surface area contributed by atoms with Gasteiger partial charge in [0.05, 0.1) is 18.9 Å². The van der Waals surface area contributed by atoms with Gasteiger partial charge in [0.15, 0.2) is 0 Å². The fourth-order valence-electron chi connectivity index (χ4n) is 1.37. The van der Waals surface area contributed by atoms with E-state index in [9.17, 15) is 4.79 Å². The maximum Gasteiger partial charge on any atom is 0.307 e. The van der Waals surface area contributed by atoms with Gasteiger partial charge in [0.25, 0.3) is 0 Å². The van der Waals surface area contributed by atoms with E-state index in [1.807, 2.05) is 0 Å². The van der Waals surface area contributed by atoms with Gasteiger partial charge in [-0.05, 0) is 24.6 Å². The lowest BCUT2D eigenvalue weighted by atomic mass is 9.97. The molecule has 0 aliphatic carbocycles. The average molecular weight is 218 g/mol. The second-order valence-corrected chi connectivity index (χ2v) is 3.32. The maximum absolute atomic E-state index is 11.3. The van der Waals surface area contributed by atoms with Gasteiger partial charge in [-0.15, -0.1) is 6.42 Å². The largest absolute Gasteiger partial charge is 0.508 e. The third-order valence-electron chi connectivity index (χ3n) is 2.17. The zero-order valence-corrected chi connectivity index (χ0v) is 9.14. The molecular formula is C13H14O3. The minimum absolute atomic E-state index is 0.162. The molecule has 0 aliphatic rings. The lowest BCUT2D eigenvalue weighted by molar-refractivity contribution is -0.143. The van der Waals surface area contributed by atoms with Gasteiger partial charge in [-0.2, -0.15) is 0 Å². The fraction of sp³-hybridized carbons (Fsp3) is 0.308. The molecule has 0 amide bonds. The molecule has 1 rings (SSSR count). The Bertz CT molecular complexity index is 387. The summed E-state index contributed by atoms with van der Waals surface area (Å²) >= 11 is 0. The quantitative estimate of drug-likeness (QED) is 0.621. The molecule has 0 bridgehead atoms. The van der Waals surface area contributed by atoms with Crippen molar-refractivity contribution in [2.45, 2.75) is 19.3 Å². The van der Waals surface area contributed by atoms with Crippen molar-refractivity contribution in [2.24, 2.45) is 0 Å². The van der Waals surface area contributed by atoms with Crippen LogP contribution in [-0.2, 0) is 9.53 Å². The summed E-state index contributed by atoms with van der Waals surface area (Å²) in [5.74, 6) is 2.11. The van der Waals surface area contributed by atoms with Crippen LogP contribution in [0.15, 0.2) is 24.3 Å². The van der Waals surface area contributed by atoms with E-state index in [-0.39, 0.29) is 24.1 Å². The molecule has 0 aliphatic heterocycles. The first-order valence-corrected chi connectivity index (χ1v) is 5.08. The molecule has 1 aromatic carbocycles. The summed E-state index contributed by atoms with van der Waals surface area (Å²) in [6, 6.07) is 6.51. The Hall–Kier alpha value is -1.95. The first-order chi connectivity index (χ1) is 7.67. The zero-order valence-electron chi connectivity index (χ0n) is 9.14. The Kier molecular flexibility index (Phi) is 4.41. The molecular weight excluding hydrogens is 204 g/mol. The van der Waals surface area contributed by atoms with Crippen molar-refractivity contribution in [3.05, 3.63) is 29.8 Å². The second-order valence-electron chi connectivity index (χ2n) is 3.32. The van der Waals surface area contributed by atoms with E-state index in [0.29, 0.717) is 6.61 Å². The van der Waals surface area contributed by atoms with Gasteiger partial charge < -0.3 is 9.84 Å². The first kappa shape index (κ1) is 12.1. The van der Waals surface area contributed by atoms with E-state index in [2.05, 4.69) is 5.92 Å². The van der Waals surface area contributed by atoms with Crippen molar-refractivity contribution in [1.82, 2.24) is 0 Å². The van der Waals surface area contributed by atoms with Crippen LogP contribution in [0.2, 0.25) is 0 Å². The Morgan fingerprint density at radius 2 is 2.12 bits per heavy atom. The van der Waals surface area contributed by atoms with E-state index in [1.54, 1.807) is 31.2 Å². The number of terminal acetylenes is 1. The molecule has 3 heteroatoms. The molecule has 0 spiro atoms. The number of ether oxygens (including phenoxy) is 1. The Balaban J connectivity index is 2.72. The normalized spacial score (nSPS) is 11.5. The summed E-state index contributed by atoms with van der Waals surface area (Å²) in [7, 11) is 0. The van der Waals surface area contributed by atoms with Gasteiger partial charge in [-0.25, -0.2) is 0 Å². The van der Waals surface area contributed by atoms with Crippen LogP contribution in [0.5, 0.6) is 5.75 Å². The lowest BCUT2D eigenvalue weighted by Gasteiger charge is -2.10. The van der Waals surface area contributed by atoms with E-state index in [1.165, 1.54) is 0 Å². The van der Waals surface area contributed by atoms with Crippen LogP contribution >= 0.6 is 0 Å². The summed E-state index contributed by atoms with van der Waals surface area (Å²) in [6.45, 7) is 2.11. The molecule has 0 saturated carbocycles. The van der Waals surface area contributed by atoms with Crippen LogP contribution < -0.4 is 0 Å². The molecule has 0 radical (unpaired) electrons. The Morgan fingerprint density at radius 3 is 2.62 bits per heavy atom. The highest BCUT2D eigenvalue weighted by Crippen LogP contribution is 2.21. The number of aromatic hydroxyl groups is 1. The van der Waals surface area contributed by atoms with Crippen LogP contribution in [-0.4, -0.2) is 17.7 Å². The summed E-state index contributed by atoms with van der Waals surface area (Å²) in [4.78, 5) is 11.3. The van der Waals surface area contributed by atoms with Crippen molar-refractivity contribution in [1.29, 1.82) is 0 Å². The number of benzene rings is 1. The molecule has 0 unspecified atom stereocenters. The van der Waals surface area contributed by atoms with E-state index in [4.69, 9.17) is 16.3 Å². The number of rotatable bonds is 4. The van der Waals surface area contributed by atoms with Gasteiger partial charge in [0.1, 0.15) is 5.75 Å². The van der Waals surface area contributed by atoms with Crippen molar-refractivity contribution >= 4 is 5.97 Å². The van der Waals surface area contributed by atoms with E-state index >= 15 is 0 Å². The fourth-order valence-corrected chi connectivity index (χ4v) is 1.37. The molecule has 16 heavy (non-hydrogen) atoms. The standard InChI is InChI=1S/C13H14O3/c1-3-10(9-13(15)16-4-2)11-5-7-12(14)8-6-11/h1,5-8,10,14H,4,9H2,2H3/t10-/m1/s1. The second kappa shape index (κ2) is 5.82. The third-order valence-corrected chi connectivity index (χ3v) is 2.17. The Labute approximate surface area is 95.1 Å². The summed E-state index contributed by atoms with van der Waals surface area (Å²) in [6.07, 6.45) is 5.53. The van der Waals surface area contributed by atoms with Gasteiger partial charge in [-0.1, -0.05) is 18.1 Å². The number of phenols is 1. The van der Waals surface area contributed by atoms with Crippen molar-refractivity contribution < 1.29 is 14.6 Å². The number of hydrogen-bond acceptors (Lipinski definition) is 3. The van der Waals surface area contributed by atoms with E-state index < -0.39 is 0 Å². The molecule has 0 heterocycles. The first-order valence-electron chi connectivity index (χ1n) is 5.08. The Morgan fingerprint density at radius 1 is 1.50 bits per heavy atom. The average Bonchev–Trinajstić information content (AvgIpc) is 2.27. The topological polar surface area (TPSA) is 46.5 Å². The number of hydrogen-bond donors (Lipinski definition) is 1. The molecule has 0 saturated heterocycles. The summed E-state index contributed by atoms with van der Waals surface area (Å²) < 4.78 is 4.84. The smallest absolute Gasteiger partial charge is 0.307 e. The monoisotopic (exact) mass is 218 g/mol. The molecule has 0 aromatic heterocycles. The molecule has 3 nitrogen and oxygen atoms in total. The SMILES string of the molecule is C#C[C@H](CC(=O)OCC)c1ccc(O)cc1. The van der Waals surface area contributed by atoms with Gasteiger partial charge in [-0.3, -0.25) is 4.79 Å². The molecule has 0 fully saturated rings. The minimum atomic E-state index is -0.307. The van der Waals surface area contributed by atoms with Crippen molar-refractivity contribution in [3.63, 3.8) is 0 Å². The van der Waals surface area contributed by atoms with Gasteiger partial charge >= 0.3 is 5.97 Å². The number of carbonyl (C=O) groups excluding carboxylic acids is 1. The molecule has 1 atom stereocenters. The summed E-state index contributed by atoms with van der Waals surface area (Å²) in [5, 5.41) is 9.13. The zero-order chi connectivity index (χ0) is 12.0. The van der Waals surface area contributed by atoms with Crippen LogP contribution in [0.1, 0.15) is 24.8 Å². The van der Waals surface area contributed by atoms with Crippen LogP contribution in [0.25, 0.3) is 0 Å². The van der Waals surface area contributed by atoms with E-state index in [0.717, 1.165) is 5.56 Å². The predicted octanol–water partition coefficient (Wildman–Crippen LogP) is 2.06. The highest BCUT2D eigenvalue weighted by atomic mass is 16.5. The maximum atomic E-state index is 11.3. The number of esters is 1. The van der Waals surface area contributed by atoms with Crippen molar-refractivity contribution in [2.75, 3.05) is 6.61 Å². The molecule has 1 N–H and O–H groups in total. The van der Waals surface area contributed by atoms with Crippen LogP contribution in [0.4, 0.5) is 0 Å².